The Morgan fingerprint density at radius 2 is 1.92 bits per heavy atom. The van der Waals surface area contributed by atoms with Gasteiger partial charge in [-0.25, -0.2) is 9.59 Å². The number of carbonyl (C=O) groups is 2. The number of esters is 1. The third kappa shape index (κ3) is 7.47. The van der Waals surface area contributed by atoms with Gasteiger partial charge in [0.1, 0.15) is 11.6 Å². The van der Waals surface area contributed by atoms with Crippen LogP contribution >= 0.6 is 0 Å². The number of nitrogens with zero attached hydrogens (tertiary/aromatic N) is 1. The van der Waals surface area contributed by atoms with Crippen molar-refractivity contribution in [1.82, 2.24) is 5.32 Å². The zero-order chi connectivity index (χ0) is 19.7. The van der Waals surface area contributed by atoms with Crippen molar-refractivity contribution in [1.29, 1.82) is 0 Å². The number of unbranched alkanes of at least 4 members (excludes halogenated alkanes) is 1. The van der Waals surface area contributed by atoms with Gasteiger partial charge in [0, 0.05) is 6.07 Å². The molecule has 0 unspecified atom stereocenters. The number of rotatable bonds is 8. The molecule has 9 heteroatoms. The summed E-state index contributed by atoms with van der Waals surface area (Å²) in [4.78, 5) is 34.8. The van der Waals surface area contributed by atoms with E-state index in [4.69, 9.17) is 15.2 Å². The normalized spacial score (nSPS) is 12.2. The molecular formula is C17H25N3O6. The number of nitro benzene ring substituents is 1. The Labute approximate surface area is 152 Å². The van der Waals surface area contributed by atoms with Crippen molar-refractivity contribution in [2.24, 2.45) is 5.73 Å². The molecule has 0 heterocycles. The number of alkyl carbamates (subject to hydrolysis) is 1. The number of hydrogen-bond acceptors (Lipinski definition) is 7. The minimum Gasteiger partial charge on any atom is -0.444 e. The molecule has 1 amide bonds. The number of para-hydroxylation sites is 2. The lowest BCUT2D eigenvalue weighted by molar-refractivity contribution is -0.385. The summed E-state index contributed by atoms with van der Waals surface area (Å²) in [5.41, 5.74) is 4.39. The van der Waals surface area contributed by atoms with Crippen molar-refractivity contribution in [2.75, 3.05) is 6.54 Å². The SMILES string of the molecule is CC(C)(C)OC(=O)N[C@@H](CCCCN)C(=O)Oc1ccccc1[N+](=O)[O-]. The molecule has 1 aromatic carbocycles. The molecule has 3 N–H and O–H groups in total. The van der Waals surface area contributed by atoms with Crippen LogP contribution in [0.5, 0.6) is 5.75 Å². The Morgan fingerprint density at radius 1 is 1.27 bits per heavy atom. The maximum absolute atomic E-state index is 12.4. The largest absolute Gasteiger partial charge is 0.444 e. The number of nitro groups is 1. The van der Waals surface area contributed by atoms with Crippen LogP contribution in [0, 0.1) is 10.1 Å². The molecule has 144 valence electrons. The molecule has 1 rings (SSSR count). The Kier molecular flexibility index (Phi) is 7.98. The molecule has 1 atom stereocenters. The number of nitrogens with one attached hydrogen (secondary N) is 1. The lowest BCUT2D eigenvalue weighted by atomic mass is 10.1. The molecule has 0 bridgehead atoms. The number of nitrogens with two attached hydrogens (primary N) is 1. The summed E-state index contributed by atoms with van der Waals surface area (Å²) in [5, 5.41) is 13.5. The molecule has 0 aliphatic heterocycles. The fraction of sp³-hybridized carbons (Fsp3) is 0.529. The van der Waals surface area contributed by atoms with Crippen molar-refractivity contribution in [3.05, 3.63) is 34.4 Å². The molecule has 1 aromatic rings. The second kappa shape index (κ2) is 9.71. The summed E-state index contributed by atoms with van der Waals surface area (Å²) in [5.74, 6) is -0.987. The number of benzene rings is 1. The molecular weight excluding hydrogens is 342 g/mol. The summed E-state index contributed by atoms with van der Waals surface area (Å²) < 4.78 is 10.3. The molecule has 0 saturated heterocycles. The van der Waals surface area contributed by atoms with E-state index in [1.807, 2.05) is 0 Å². The van der Waals surface area contributed by atoms with Crippen LogP contribution in [0.2, 0.25) is 0 Å². The quantitative estimate of drug-likeness (QED) is 0.237. The molecule has 0 fully saturated rings. The standard InChI is InChI=1S/C17H25N3O6/c1-17(2,3)26-16(22)19-12(8-6-7-11-18)15(21)25-14-10-5-4-9-13(14)20(23)24/h4-5,9-10,12H,6-8,11,18H2,1-3H3,(H,19,22)/t12-/m0/s1. The van der Waals surface area contributed by atoms with Gasteiger partial charge in [0.05, 0.1) is 4.92 Å². The van der Waals surface area contributed by atoms with Gasteiger partial charge in [0.2, 0.25) is 5.75 Å². The number of carbonyl (C=O) groups excluding carboxylic acids is 2. The highest BCUT2D eigenvalue weighted by atomic mass is 16.6. The lowest BCUT2D eigenvalue weighted by Gasteiger charge is -2.22. The average Bonchev–Trinajstić information content (AvgIpc) is 2.52. The van der Waals surface area contributed by atoms with E-state index >= 15 is 0 Å². The van der Waals surface area contributed by atoms with E-state index in [0.717, 1.165) is 0 Å². The zero-order valence-electron chi connectivity index (χ0n) is 15.2. The molecule has 0 aliphatic carbocycles. The van der Waals surface area contributed by atoms with Crippen molar-refractivity contribution >= 4 is 17.7 Å². The van der Waals surface area contributed by atoms with Gasteiger partial charge in [-0.3, -0.25) is 10.1 Å². The van der Waals surface area contributed by atoms with Gasteiger partial charge in [-0.2, -0.15) is 0 Å². The molecule has 9 nitrogen and oxygen atoms in total. The van der Waals surface area contributed by atoms with E-state index in [2.05, 4.69) is 5.32 Å². The van der Waals surface area contributed by atoms with Crippen LogP contribution < -0.4 is 15.8 Å². The summed E-state index contributed by atoms with van der Waals surface area (Å²) in [6, 6.07) is 4.53. The molecule has 0 aromatic heterocycles. The van der Waals surface area contributed by atoms with Crippen LogP contribution in [0.4, 0.5) is 10.5 Å². The second-order valence-electron chi connectivity index (χ2n) is 6.63. The Balaban J connectivity index is 2.87. The lowest BCUT2D eigenvalue weighted by Crippen LogP contribution is -2.45. The highest BCUT2D eigenvalue weighted by Crippen LogP contribution is 2.26. The topological polar surface area (TPSA) is 134 Å². The predicted octanol–water partition coefficient (Wildman–Crippen LogP) is 2.52. The van der Waals surface area contributed by atoms with Gasteiger partial charge in [-0.1, -0.05) is 12.1 Å². The van der Waals surface area contributed by atoms with E-state index < -0.39 is 28.6 Å². The molecule has 0 saturated carbocycles. The molecule has 0 spiro atoms. The molecule has 0 aliphatic rings. The minimum absolute atomic E-state index is 0.183. The van der Waals surface area contributed by atoms with E-state index in [1.165, 1.54) is 24.3 Å². The fourth-order valence-electron chi connectivity index (χ4n) is 2.07. The first-order chi connectivity index (χ1) is 12.1. The molecule has 0 radical (unpaired) electrons. The predicted molar refractivity (Wildman–Crippen MR) is 94.8 cm³/mol. The fourth-order valence-corrected chi connectivity index (χ4v) is 2.07. The van der Waals surface area contributed by atoms with E-state index in [9.17, 15) is 19.7 Å². The van der Waals surface area contributed by atoms with Gasteiger partial charge in [0.15, 0.2) is 0 Å². The monoisotopic (exact) mass is 367 g/mol. The Bertz CT molecular complexity index is 642. The van der Waals surface area contributed by atoms with Crippen LogP contribution in [0.25, 0.3) is 0 Å². The molecule has 26 heavy (non-hydrogen) atoms. The van der Waals surface area contributed by atoms with E-state index in [0.29, 0.717) is 19.4 Å². The first kappa shape index (κ1) is 21.4. The number of amides is 1. The van der Waals surface area contributed by atoms with Crippen molar-refractivity contribution in [3.8, 4) is 5.75 Å². The van der Waals surface area contributed by atoms with Crippen LogP contribution in [0.15, 0.2) is 24.3 Å². The maximum atomic E-state index is 12.4. The first-order valence-corrected chi connectivity index (χ1v) is 8.28. The minimum atomic E-state index is -1.00. The van der Waals surface area contributed by atoms with E-state index in [-0.39, 0.29) is 17.9 Å². The zero-order valence-corrected chi connectivity index (χ0v) is 15.2. The van der Waals surface area contributed by atoms with Crippen molar-refractivity contribution in [3.63, 3.8) is 0 Å². The Hall–Kier alpha value is -2.68. The van der Waals surface area contributed by atoms with E-state index in [1.54, 1.807) is 20.8 Å². The van der Waals surface area contributed by atoms with Crippen LogP contribution in [-0.2, 0) is 9.53 Å². The van der Waals surface area contributed by atoms with Gasteiger partial charge in [-0.05, 0) is 52.6 Å². The highest BCUT2D eigenvalue weighted by molar-refractivity contribution is 5.83. The third-order valence-electron chi connectivity index (χ3n) is 3.19. The summed E-state index contributed by atoms with van der Waals surface area (Å²) >= 11 is 0. The van der Waals surface area contributed by atoms with Gasteiger partial charge in [0.25, 0.3) is 0 Å². The average molecular weight is 367 g/mol. The van der Waals surface area contributed by atoms with Gasteiger partial charge < -0.3 is 20.5 Å². The highest BCUT2D eigenvalue weighted by Gasteiger charge is 2.27. The van der Waals surface area contributed by atoms with Crippen LogP contribution in [-0.4, -0.2) is 35.2 Å². The maximum Gasteiger partial charge on any atom is 0.408 e. The first-order valence-electron chi connectivity index (χ1n) is 8.28. The smallest absolute Gasteiger partial charge is 0.408 e. The van der Waals surface area contributed by atoms with Crippen molar-refractivity contribution in [2.45, 2.75) is 51.7 Å². The van der Waals surface area contributed by atoms with Gasteiger partial charge >= 0.3 is 17.7 Å². The van der Waals surface area contributed by atoms with Crippen LogP contribution in [0.3, 0.4) is 0 Å². The van der Waals surface area contributed by atoms with Crippen LogP contribution in [0.1, 0.15) is 40.0 Å². The number of ether oxygens (including phenoxy) is 2. The Morgan fingerprint density at radius 3 is 2.50 bits per heavy atom. The second-order valence-corrected chi connectivity index (χ2v) is 6.63. The van der Waals surface area contributed by atoms with Crippen molar-refractivity contribution < 1.29 is 24.0 Å². The summed E-state index contributed by atoms with van der Waals surface area (Å²) in [6.07, 6.45) is 0.735. The third-order valence-corrected chi connectivity index (χ3v) is 3.19. The summed E-state index contributed by atoms with van der Waals surface area (Å²) in [6.45, 7) is 5.53. The van der Waals surface area contributed by atoms with Gasteiger partial charge in [-0.15, -0.1) is 0 Å². The summed E-state index contributed by atoms with van der Waals surface area (Å²) in [7, 11) is 0. The number of hydrogen-bond donors (Lipinski definition) is 2.